The minimum atomic E-state index is -0.259. The molecular weight excluding hydrogens is 411 g/mol. The van der Waals surface area contributed by atoms with Gasteiger partial charge in [-0.1, -0.05) is 47.5 Å². The lowest BCUT2D eigenvalue weighted by Crippen LogP contribution is -2.44. The third-order valence-corrected chi connectivity index (χ3v) is 7.50. The van der Waals surface area contributed by atoms with Crippen molar-refractivity contribution < 1.29 is 4.79 Å². The maximum atomic E-state index is 13.0. The smallest absolute Gasteiger partial charge is 0.232 e. The fraction of sp³-hybridized carbons (Fsp3) is 0.471. The molecule has 0 unspecified atom stereocenters. The number of hydrogen-bond donors (Lipinski definition) is 2. The Balaban J connectivity index is 0.00000196. The van der Waals surface area contributed by atoms with Crippen LogP contribution in [0.3, 0.4) is 0 Å². The second kappa shape index (κ2) is 8.44. The molecule has 26 heavy (non-hydrogen) atoms. The number of carbonyl (C=O) groups is 1. The van der Waals surface area contributed by atoms with Crippen LogP contribution in [0, 0.1) is 11.3 Å². The molecule has 1 aromatic carbocycles. The Morgan fingerprint density at radius 3 is 3.08 bits per heavy atom. The molecule has 5 nitrogen and oxygen atoms in total. The van der Waals surface area contributed by atoms with Crippen LogP contribution in [0.25, 0.3) is 0 Å². The van der Waals surface area contributed by atoms with Crippen LogP contribution >= 0.6 is 47.1 Å². The summed E-state index contributed by atoms with van der Waals surface area (Å²) in [6.45, 7) is 1.73. The number of carbonyl (C=O) groups excluding carboxylic acids is 1. The van der Waals surface area contributed by atoms with E-state index in [0.717, 1.165) is 47.3 Å². The number of halogens is 2. The summed E-state index contributed by atoms with van der Waals surface area (Å²) >= 11 is 9.35. The van der Waals surface area contributed by atoms with Crippen molar-refractivity contribution in [3.8, 4) is 0 Å². The Labute approximate surface area is 172 Å². The molecule has 140 valence electrons. The molecule has 1 saturated carbocycles. The summed E-state index contributed by atoms with van der Waals surface area (Å²) < 4.78 is 0.847. The van der Waals surface area contributed by atoms with E-state index in [-0.39, 0.29) is 23.7 Å². The van der Waals surface area contributed by atoms with Gasteiger partial charge in [-0.2, -0.15) is 0 Å². The van der Waals surface area contributed by atoms with Crippen molar-refractivity contribution in [1.29, 1.82) is 0 Å². The minimum absolute atomic E-state index is 0. The molecule has 1 amide bonds. The van der Waals surface area contributed by atoms with Crippen LogP contribution in [-0.4, -0.2) is 29.2 Å². The lowest BCUT2D eigenvalue weighted by Gasteiger charge is -2.37. The number of hydrogen-bond acceptors (Lipinski definition) is 6. The number of aromatic nitrogens is 2. The van der Waals surface area contributed by atoms with Crippen molar-refractivity contribution in [3.63, 3.8) is 0 Å². The Hall–Kier alpha value is -0.860. The molecule has 2 aliphatic rings. The van der Waals surface area contributed by atoms with E-state index in [9.17, 15) is 4.79 Å². The van der Waals surface area contributed by atoms with Gasteiger partial charge in [-0.05, 0) is 43.5 Å². The highest BCUT2D eigenvalue weighted by molar-refractivity contribution is 8.01. The molecule has 2 atom stereocenters. The highest BCUT2D eigenvalue weighted by Gasteiger charge is 2.49. The molecule has 1 aliphatic carbocycles. The zero-order valence-corrected chi connectivity index (χ0v) is 17.2. The van der Waals surface area contributed by atoms with Crippen molar-refractivity contribution >= 4 is 58.7 Å². The molecule has 2 fully saturated rings. The first-order chi connectivity index (χ1) is 12.2. The van der Waals surface area contributed by atoms with Crippen LogP contribution in [0.4, 0.5) is 5.69 Å². The summed E-state index contributed by atoms with van der Waals surface area (Å²) in [6.07, 6.45) is 4.46. The van der Waals surface area contributed by atoms with E-state index in [1.54, 1.807) is 5.51 Å². The van der Waals surface area contributed by atoms with Crippen molar-refractivity contribution in [3.05, 3.63) is 28.7 Å². The molecule has 0 bridgehead atoms. The lowest BCUT2D eigenvalue weighted by molar-refractivity contribution is -0.128. The Kier molecular flexibility index (Phi) is 6.45. The second-order valence-electron chi connectivity index (χ2n) is 6.64. The molecule has 1 aliphatic heterocycles. The third-order valence-electron chi connectivity index (χ3n) is 5.22. The molecule has 4 rings (SSSR count). The van der Waals surface area contributed by atoms with Crippen LogP contribution in [0.15, 0.2) is 32.9 Å². The molecule has 0 radical (unpaired) electrons. The summed E-state index contributed by atoms with van der Waals surface area (Å²) in [6, 6.07) is 5.65. The fourth-order valence-corrected chi connectivity index (χ4v) is 5.64. The predicted molar refractivity (Wildman–Crippen MR) is 109 cm³/mol. The number of benzene rings is 1. The van der Waals surface area contributed by atoms with Gasteiger partial charge in [0.25, 0.3) is 0 Å². The van der Waals surface area contributed by atoms with E-state index in [0.29, 0.717) is 10.9 Å². The highest BCUT2D eigenvalue weighted by Crippen LogP contribution is 2.44. The molecule has 2 heterocycles. The van der Waals surface area contributed by atoms with E-state index in [1.165, 1.54) is 29.5 Å². The largest absolute Gasteiger partial charge is 0.326 e. The van der Waals surface area contributed by atoms with Gasteiger partial charge < -0.3 is 10.6 Å². The number of rotatable bonds is 4. The van der Waals surface area contributed by atoms with Crippen molar-refractivity contribution in [1.82, 2.24) is 15.5 Å². The third kappa shape index (κ3) is 3.87. The van der Waals surface area contributed by atoms with E-state index in [2.05, 4.69) is 20.8 Å². The van der Waals surface area contributed by atoms with Gasteiger partial charge in [-0.3, -0.25) is 4.79 Å². The van der Waals surface area contributed by atoms with Crippen LogP contribution in [0.5, 0.6) is 0 Å². The number of amides is 1. The summed E-state index contributed by atoms with van der Waals surface area (Å²) in [5.74, 6) is 0.576. The molecular formula is C17H20Cl2N4OS2. The predicted octanol–water partition coefficient (Wildman–Crippen LogP) is 4.48. The van der Waals surface area contributed by atoms with Gasteiger partial charge in [0.05, 0.1) is 10.4 Å². The van der Waals surface area contributed by atoms with Gasteiger partial charge in [0.2, 0.25) is 5.91 Å². The Bertz CT molecular complexity index is 774. The fourth-order valence-electron chi connectivity index (χ4n) is 3.91. The average molecular weight is 431 g/mol. The average Bonchev–Trinajstić information content (AvgIpc) is 3.27. The second-order valence-corrected chi connectivity index (χ2v) is 9.17. The van der Waals surface area contributed by atoms with Gasteiger partial charge >= 0.3 is 0 Å². The summed E-state index contributed by atoms with van der Waals surface area (Å²) in [5.41, 5.74) is 2.19. The van der Waals surface area contributed by atoms with Crippen LogP contribution in [0.2, 0.25) is 5.02 Å². The van der Waals surface area contributed by atoms with Gasteiger partial charge in [0.1, 0.15) is 5.51 Å². The SMILES string of the molecule is Cl.O=C(Nc1ccc(Sc2nncs2)c(Cl)c1)[C@@]12CCCC[C@H]1CNC2. The van der Waals surface area contributed by atoms with Crippen LogP contribution in [-0.2, 0) is 4.79 Å². The maximum absolute atomic E-state index is 13.0. The molecule has 1 aromatic heterocycles. The zero-order valence-electron chi connectivity index (χ0n) is 14.0. The number of anilines is 1. The standard InChI is InChI=1S/C17H19ClN4OS2.ClH/c18-13-7-12(4-5-14(13)25-16-22-20-10-24-16)21-15(23)17-6-2-1-3-11(17)8-19-9-17;/h4-5,7,10-11,19H,1-3,6,8-9H2,(H,21,23);1H/t11-,17+;/m0./s1. The number of fused-ring (bicyclic) bond motifs is 1. The van der Waals surface area contributed by atoms with Crippen molar-refractivity contribution in [2.75, 3.05) is 18.4 Å². The van der Waals surface area contributed by atoms with Gasteiger partial charge in [-0.25, -0.2) is 0 Å². The first-order valence-electron chi connectivity index (χ1n) is 8.43. The van der Waals surface area contributed by atoms with E-state index >= 15 is 0 Å². The van der Waals surface area contributed by atoms with Gasteiger partial charge in [-0.15, -0.1) is 22.6 Å². The maximum Gasteiger partial charge on any atom is 0.232 e. The Morgan fingerprint density at radius 1 is 1.42 bits per heavy atom. The molecule has 2 N–H and O–H groups in total. The van der Waals surface area contributed by atoms with Crippen LogP contribution in [0.1, 0.15) is 25.7 Å². The van der Waals surface area contributed by atoms with E-state index in [4.69, 9.17) is 11.6 Å². The van der Waals surface area contributed by atoms with Gasteiger partial charge in [0, 0.05) is 17.1 Å². The normalized spacial score (nSPS) is 24.6. The highest BCUT2D eigenvalue weighted by atomic mass is 35.5. The number of nitrogens with one attached hydrogen (secondary N) is 2. The summed E-state index contributed by atoms with van der Waals surface area (Å²) in [5, 5.41) is 15.0. The lowest BCUT2D eigenvalue weighted by atomic mass is 9.67. The molecule has 0 spiro atoms. The van der Waals surface area contributed by atoms with E-state index < -0.39 is 0 Å². The summed E-state index contributed by atoms with van der Waals surface area (Å²) in [4.78, 5) is 13.9. The first kappa shape index (κ1) is 19.9. The molecule has 2 aromatic rings. The zero-order chi connectivity index (χ0) is 17.3. The molecule has 9 heteroatoms. The minimum Gasteiger partial charge on any atom is -0.326 e. The summed E-state index contributed by atoms with van der Waals surface area (Å²) in [7, 11) is 0. The Morgan fingerprint density at radius 2 is 2.31 bits per heavy atom. The first-order valence-corrected chi connectivity index (χ1v) is 10.5. The van der Waals surface area contributed by atoms with Gasteiger partial charge in [0.15, 0.2) is 4.34 Å². The van der Waals surface area contributed by atoms with Crippen LogP contribution < -0.4 is 10.6 Å². The topological polar surface area (TPSA) is 66.9 Å². The van der Waals surface area contributed by atoms with Crippen molar-refractivity contribution in [2.45, 2.75) is 34.9 Å². The van der Waals surface area contributed by atoms with E-state index in [1.807, 2.05) is 18.2 Å². The monoisotopic (exact) mass is 430 g/mol. The van der Waals surface area contributed by atoms with Crippen molar-refractivity contribution in [2.24, 2.45) is 11.3 Å². The molecule has 1 saturated heterocycles. The quantitative estimate of drug-likeness (QED) is 0.747. The number of nitrogens with zero attached hydrogens (tertiary/aromatic N) is 2.